The smallest absolute Gasteiger partial charge is 0.254 e. The molecule has 0 radical (unpaired) electrons. The summed E-state index contributed by atoms with van der Waals surface area (Å²) in [7, 11) is 0. The van der Waals surface area contributed by atoms with E-state index in [0.717, 1.165) is 43.0 Å². The van der Waals surface area contributed by atoms with E-state index in [4.69, 9.17) is 0 Å². The van der Waals surface area contributed by atoms with Crippen LogP contribution in [0.4, 0.5) is 5.82 Å². The minimum Gasteiger partial charge on any atom is -0.370 e. The minimum atomic E-state index is 0.0897. The van der Waals surface area contributed by atoms with E-state index in [1.165, 1.54) is 0 Å². The van der Waals surface area contributed by atoms with E-state index in [9.17, 15) is 4.79 Å². The monoisotopic (exact) mass is 277 g/mol. The van der Waals surface area contributed by atoms with Crippen LogP contribution in [0, 0.1) is 6.92 Å². The Morgan fingerprint density at radius 3 is 2.60 bits per heavy atom. The molecule has 0 fully saturated rings. The van der Waals surface area contributed by atoms with Gasteiger partial charge in [-0.3, -0.25) is 4.79 Å². The summed E-state index contributed by atoms with van der Waals surface area (Å²) < 4.78 is 0. The average Bonchev–Trinajstić information content (AvgIpc) is 2.44. The quantitative estimate of drug-likeness (QED) is 0.830. The molecule has 0 spiro atoms. The van der Waals surface area contributed by atoms with Crippen molar-refractivity contribution >= 4 is 11.7 Å². The van der Waals surface area contributed by atoms with Crippen LogP contribution >= 0.6 is 0 Å². The molecule has 20 heavy (non-hydrogen) atoms. The highest BCUT2D eigenvalue weighted by molar-refractivity contribution is 5.95. The van der Waals surface area contributed by atoms with Gasteiger partial charge in [-0.15, -0.1) is 0 Å². The van der Waals surface area contributed by atoms with Gasteiger partial charge in [0.15, 0.2) is 0 Å². The number of nitrogens with zero attached hydrogens (tertiary/aromatic N) is 2. The highest BCUT2D eigenvalue weighted by Crippen LogP contribution is 2.15. The van der Waals surface area contributed by atoms with Gasteiger partial charge in [0.05, 0.1) is 0 Å². The van der Waals surface area contributed by atoms with Crippen molar-refractivity contribution in [2.45, 2.75) is 53.5 Å². The molecule has 0 aliphatic heterocycles. The van der Waals surface area contributed by atoms with Crippen LogP contribution in [0.1, 0.15) is 56.6 Å². The van der Waals surface area contributed by atoms with Gasteiger partial charge in [-0.2, -0.15) is 0 Å². The summed E-state index contributed by atoms with van der Waals surface area (Å²) in [5.41, 5.74) is 1.59. The maximum absolute atomic E-state index is 12.6. The Kier molecular flexibility index (Phi) is 6.49. The second kappa shape index (κ2) is 7.88. The summed E-state index contributed by atoms with van der Waals surface area (Å²) in [4.78, 5) is 19.0. The van der Waals surface area contributed by atoms with Gasteiger partial charge in [0.25, 0.3) is 5.91 Å². The fourth-order valence-electron chi connectivity index (χ4n) is 2.18. The fraction of sp³-hybridized carbons (Fsp3) is 0.625. The molecule has 112 valence electrons. The van der Waals surface area contributed by atoms with Gasteiger partial charge in [0.1, 0.15) is 5.82 Å². The van der Waals surface area contributed by atoms with Crippen molar-refractivity contribution in [3.63, 3.8) is 0 Å². The first-order chi connectivity index (χ1) is 9.53. The summed E-state index contributed by atoms with van der Waals surface area (Å²) >= 11 is 0. The van der Waals surface area contributed by atoms with Crippen molar-refractivity contribution in [3.05, 3.63) is 23.4 Å². The topological polar surface area (TPSA) is 45.2 Å². The van der Waals surface area contributed by atoms with Crippen molar-refractivity contribution in [2.24, 2.45) is 0 Å². The Morgan fingerprint density at radius 1 is 1.35 bits per heavy atom. The van der Waals surface area contributed by atoms with Crippen LogP contribution in [0.5, 0.6) is 0 Å². The van der Waals surface area contributed by atoms with Gasteiger partial charge < -0.3 is 10.2 Å². The lowest BCUT2D eigenvalue weighted by Crippen LogP contribution is -2.38. The van der Waals surface area contributed by atoms with Crippen molar-refractivity contribution < 1.29 is 4.79 Å². The van der Waals surface area contributed by atoms with Crippen LogP contribution in [-0.4, -0.2) is 34.9 Å². The van der Waals surface area contributed by atoms with E-state index in [0.29, 0.717) is 0 Å². The maximum atomic E-state index is 12.6. The number of rotatable bonds is 7. The maximum Gasteiger partial charge on any atom is 0.254 e. The van der Waals surface area contributed by atoms with Crippen LogP contribution < -0.4 is 5.32 Å². The number of carbonyl (C=O) groups excluding carboxylic acids is 1. The first-order valence-electron chi connectivity index (χ1n) is 7.56. The molecule has 1 rings (SSSR count). The lowest BCUT2D eigenvalue weighted by Gasteiger charge is -2.27. The zero-order valence-corrected chi connectivity index (χ0v) is 13.4. The highest BCUT2D eigenvalue weighted by Gasteiger charge is 2.19. The molecule has 0 saturated heterocycles. The fourth-order valence-corrected chi connectivity index (χ4v) is 2.18. The number of amides is 1. The first-order valence-corrected chi connectivity index (χ1v) is 7.56. The van der Waals surface area contributed by atoms with E-state index in [-0.39, 0.29) is 11.9 Å². The molecular formula is C16H27N3O. The summed E-state index contributed by atoms with van der Waals surface area (Å²) in [5.74, 6) is 0.877. The van der Waals surface area contributed by atoms with Crippen LogP contribution in [0.15, 0.2) is 12.1 Å². The van der Waals surface area contributed by atoms with Gasteiger partial charge >= 0.3 is 0 Å². The van der Waals surface area contributed by atoms with E-state index >= 15 is 0 Å². The molecule has 0 aromatic carbocycles. The molecule has 0 bridgehead atoms. The minimum absolute atomic E-state index is 0.0897. The number of nitrogens with one attached hydrogen (secondary N) is 1. The summed E-state index contributed by atoms with van der Waals surface area (Å²) in [6.45, 7) is 11.8. The van der Waals surface area contributed by atoms with Gasteiger partial charge in [0, 0.05) is 30.4 Å². The molecular weight excluding hydrogens is 250 g/mol. The van der Waals surface area contributed by atoms with E-state index in [1.807, 2.05) is 30.9 Å². The zero-order valence-electron chi connectivity index (χ0n) is 13.4. The lowest BCUT2D eigenvalue weighted by atomic mass is 10.1. The second-order valence-corrected chi connectivity index (χ2v) is 5.16. The Morgan fingerprint density at radius 2 is 2.05 bits per heavy atom. The van der Waals surface area contributed by atoms with Crippen molar-refractivity contribution in [2.75, 3.05) is 18.4 Å². The van der Waals surface area contributed by atoms with Crippen LogP contribution in [0.3, 0.4) is 0 Å². The van der Waals surface area contributed by atoms with E-state index in [1.54, 1.807) is 0 Å². The Bertz CT molecular complexity index is 445. The third-order valence-electron chi connectivity index (χ3n) is 3.48. The lowest BCUT2D eigenvalue weighted by molar-refractivity contribution is 0.0700. The number of pyridine rings is 1. The molecule has 1 aromatic rings. The molecule has 0 aliphatic carbocycles. The summed E-state index contributed by atoms with van der Waals surface area (Å²) in [6, 6.07) is 3.98. The summed E-state index contributed by atoms with van der Waals surface area (Å²) in [6.07, 6.45) is 2.00. The van der Waals surface area contributed by atoms with Crippen molar-refractivity contribution in [1.29, 1.82) is 0 Å². The molecule has 1 amide bonds. The largest absolute Gasteiger partial charge is 0.370 e. The number of carbonyl (C=O) groups is 1. The molecule has 0 saturated carbocycles. The molecule has 4 nitrogen and oxygen atoms in total. The second-order valence-electron chi connectivity index (χ2n) is 5.16. The Labute approximate surface area is 122 Å². The normalized spacial score (nSPS) is 12.1. The molecule has 1 atom stereocenters. The highest BCUT2D eigenvalue weighted by atomic mass is 16.2. The van der Waals surface area contributed by atoms with E-state index in [2.05, 4.69) is 31.1 Å². The van der Waals surface area contributed by atoms with E-state index < -0.39 is 0 Å². The van der Waals surface area contributed by atoms with Gasteiger partial charge in [0.2, 0.25) is 0 Å². The van der Waals surface area contributed by atoms with Gasteiger partial charge in [-0.1, -0.05) is 13.8 Å². The Hall–Kier alpha value is -1.58. The SMILES string of the molecule is CCCNc1cc(C(=O)N(CC)C(C)CC)cc(C)n1. The number of anilines is 1. The third-order valence-corrected chi connectivity index (χ3v) is 3.48. The standard InChI is InChI=1S/C16H27N3O/c1-6-9-17-15-11-14(10-12(4)18-15)16(20)19(8-3)13(5)7-2/h10-11,13H,6-9H2,1-5H3,(H,17,18). The van der Waals surface area contributed by atoms with Gasteiger partial charge in [-0.05, 0) is 45.7 Å². The first kappa shape index (κ1) is 16.5. The van der Waals surface area contributed by atoms with Crippen LogP contribution in [0.25, 0.3) is 0 Å². The third kappa shape index (κ3) is 4.22. The number of aromatic nitrogens is 1. The number of hydrogen-bond donors (Lipinski definition) is 1. The average molecular weight is 277 g/mol. The molecule has 1 N–H and O–H groups in total. The zero-order chi connectivity index (χ0) is 15.1. The van der Waals surface area contributed by atoms with Crippen LogP contribution in [0.2, 0.25) is 0 Å². The number of aryl methyl sites for hydroxylation is 1. The molecule has 0 aliphatic rings. The molecule has 1 unspecified atom stereocenters. The van der Waals surface area contributed by atoms with Crippen molar-refractivity contribution in [1.82, 2.24) is 9.88 Å². The van der Waals surface area contributed by atoms with Crippen LogP contribution in [-0.2, 0) is 0 Å². The molecule has 1 aromatic heterocycles. The number of hydrogen-bond acceptors (Lipinski definition) is 3. The summed E-state index contributed by atoms with van der Waals surface area (Å²) in [5, 5.41) is 3.25. The van der Waals surface area contributed by atoms with Crippen molar-refractivity contribution in [3.8, 4) is 0 Å². The molecule has 4 heteroatoms. The predicted molar refractivity (Wildman–Crippen MR) is 84.2 cm³/mol. The Balaban J connectivity index is 2.99. The predicted octanol–water partition coefficient (Wildman–Crippen LogP) is 3.47. The molecule has 1 heterocycles. The van der Waals surface area contributed by atoms with Gasteiger partial charge in [-0.25, -0.2) is 4.98 Å².